The quantitative estimate of drug-likeness (QED) is 0.865. The second kappa shape index (κ2) is 8.20. The van der Waals surface area contributed by atoms with Gasteiger partial charge >= 0.3 is 0 Å². The molecular weight excluding hydrogens is 316 g/mol. The summed E-state index contributed by atoms with van der Waals surface area (Å²) in [6, 6.07) is 9.38. The van der Waals surface area contributed by atoms with Gasteiger partial charge in [-0.2, -0.15) is 0 Å². The predicted molar refractivity (Wildman–Crippen MR) is 97.3 cm³/mol. The summed E-state index contributed by atoms with van der Waals surface area (Å²) < 4.78 is 0. The van der Waals surface area contributed by atoms with Crippen LogP contribution in [0.5, 0.6) is 0 Å². The zero-order valence-electron chi connectivity index (χ0n) is 14.5. The highest BCUT2D eigenvalue weighted by Gasteiger charge is 2.14. The van der Waals surface area contributed by atoms with Crippen molar-refractivity contribution < 1.29 is 9.90 Å². The Morgan fingerprint density at radius 2 is 1.88 bits per heavy atom. The van der Waals surface area contributed by atoms with E-state index in [-0.39, 0.29) is 12.5 Å². The molecule has 0 spiro atoms. The van der Waals surface area contributed by atoms with Gasteiger partial charge < -0.3 is 15.3 Å². The molecule has 0 saturated carbocycles. The lowest BCUT2D eigenvalue weighted by Crippen LogP contribution is -2.43. The number of amides is 1. The van der Waals surface area contributed by atoms with Crippen LogP contribution < -0.4 is 5.32 Å². The topological polar surface area (TPSA) is 68.7 Å². The van der Waals surface area contributed by atoms with Crippen molar-refractivity contribution in [2.24, 2.45) is 0 Å². The van der Waals surface area contributed by atoms with Crippen LogP contribution in [0, 0.1) is 0 Å². The molecule has 0 atom stereocenters. The molecule has 6 nitrogen and oxygen atoms in total. The third-order valence-electron chi connectivity index (χ3n) is 4.55. The molecule has 1 amide bonds. The maximum atomic E-state index is 12.4. The van der Waals surface area contributed by atoms with Gasteiger partial charge in [-0.1, -0.05) is 12.1 Å². The summed E-state index contributed by atoms with van der Waals surface area (Å²) in [5.41, 5.74) is 2.99. The molecule has 3 rings (SSSR count). The minimum absolute atomic E-state index is 0.137. The fraction of sp³-hybridized carbons (Fsp3) is 0.368. The van der Waals surface area contributed by atoms with Crippen molar-refractivity contribution in [2.45, 2.75) is 13.2 Å². The Bertz CT molecular complexity index is 710. The van der Waals surface area contributed by atoms with Gasteiger partial charge in [0, 0.05) is 50.0 Å². The first-order valence-corrected chi connectivity index (χ1v) is 8.50. The van der Waals surface area contributed by atoms with Gasteiger partial charge in [-0.3, -0.25) is 14.7 Å². The van der Waals surface area contributed by atoms with Crippen molar-refractivity contribution in [1.29, 1.82) is 0 Å². The molecule has 1 aromatic heterocycles. The fourth-order valence-electron chi connectivity index (χ4n) is 2.89. The lowest BCUT2D eigenvalue weighted by atomic mass is 10.1. The van der Waals surface area contributed by atoms with E-state index in [1.54, 1.807) is 18.5 Å². The number of piperazine rings is 1. The Balaban J connectivity index is 1.60. The normalized spacial score (nSPS) is 15.9. The number of benzene rings is 1. The highest BCUT2D eigenvalue weighted by molar-refractivity contribution is 6.04. The highest BCUT2D eigenvalue weighted by atomic mass is 16.3. The number of carbonyl (C=O) groups is 1. The van der Waals surface area contributed by atoms with Crippen LogP contribution in [-0.2, 0) is 13.2 Å². The SMILES string of the molecule is CN1CCN(Cc2ccc(C(=O)Nc3cnccc3CO)cc2)CC1. The molecule has 1 saturated heterocycles. The van der Waals surface area contributed by atoms with E-state index in [4.69, 9.17) is 0 Å². The molecule has 0 bridgehead atoms. The van der Waals surface area contributed by atoms with Gasteiger partial charge in [0.1, 0.15) is 0 Å². The van der Waals surface area contributed by atoms with Crippen molar-refractivity contribution in [3.05, 3.63) is 59.4 Å². The summed E-state index contributed by atoms with van der Waals surface area (Å²) in [7, 11) is 2.15. The maximum Gasteiger partial charge on any atom is 0.255 e. The predicted octanol–water partition coefficient (Wildman–Crippen LogP) is 1.57. The van der Waals surface area contributed by atoms with E-state index >= 15 is 0 Å². The average molecular weight is 340 g/mol. The molecule has 25 heavy (non-hydrogen) atoms. The van der Waals surface area contributed by atoms with Crippen LogP contribution in [0.4, 0.5) is 5.69 Å². The van der Waals surface area contributed by atoms with E-state index in [1.165, 1.54) is 5.56 Å². The highest BCUT2D eigenvalue weighted by Crippen LogP contribution is 2.15. The molecule has 2 aromatic rings. The zero-order chi connectivity index (χ0) is 17.6. The Kier molecular flexibility index (Phi) is 5.75. The van der Waals surface area contributed by atoms with Crippen LogP contribution in [0.1, 0.15) is 21.5 Å². The summed E-state index contributed by atoms with van der Waals surface area (Å²) in [5, 5.41) is 12.1. The lowest BCUT2D eigenvalue weighted by molar-refractivity contribution is 0.102. The van der Waals surface area contributed by atoms with Crippen LogP contribution in [0.2, 0.25) is 0 Å². The van der Waals surface area contributed by atoms with Gasteiger partial charge in [-0.05, 0) is 30.8 Å². The van der Waals surface area contributed by atoms with Crippen LogP contribution >= 0.6 is 0 Å². The van der Waals surface area contributed by atoms with Gasteiger partial charge in [0.05, 0.1) is 18.5 Å². The molecule has 0 aliphatic carbocycles. The van der Waals surface area contributed by atoms with Crippen LogP contribution in [0.15, 0.2) is 42.7 Å². The van der Waals surface area contributed by atoms with Gasteiger partial charge in [0.2, 0.25) is 0 Å². The fourth-order valence-corrected chi connectivity index (χ4v) is 2.89. The number of aliphatic hydroxyl groups is 1. The summed E-state index contributed by atoms with van der Waals surface area (Å²) in [6.45, 7) is 5.11. The van der Waals surface area contributed by atoms with Crippen LogP contribution in [0.25, 0.3) is 0 Å². The number of anilines is 1. The lowest BCUT2D eigenvalue weighted by Gasteiger charge is -2.32. The van der Waals surface area contributed by atoms with Crippen molar-refractivity contribution in [3.8, 4) is 0 Å². The zero-order valence-corrected chi connectivity index (χ0v) is 14.5. The van der Waals surface area contributed by atoms with Crippen LogP contribution in [-0.4, -0.2) is 59.0 Å². The molecule has 1 fully saturated rings. The standard InChI is InChI=1S/C19H24N4O2/c1-22-8-10-23(11-9-22)13-15-2-4-16(5-3-15)19(25)21-18-12-20-7-6-17(18)14-24/h2-7,12,24H,8-11,13-14H2,1H3,(H,21,25). The molecule has 0 unspecified atom stereocenters. The Labute approximate surface area is 148 Å². The number of nitrogens with one attached hydrogen (secondary N) is 1. The summed E-state index contributed by atoms with van der Waals surface area (Å²) >= 11 is 0. The molecule has 0 radical (unpaired) electrons. The van der Waals surface area contributed by atoms with E-state index in [0.29, 0.717) is 16.8 Å². The summed E-state index contributed by atoms with van der Waals surface area (Å²) in [6.07, 6.45) is 3.14. The average Bonchev–Trinajstić information content (AvgIpc) is 2.64. The van der Waals surface area contributed by atoms with Crippen LogP contribution in [0.3, 0.4) is 0 Å². The first-order chi connectivity index (χ1) is 12.2. The molecular formula is C19H24N4O2. The van der Waals surface area contributed by atoms with Crippen molar-refractivity contribution in [3.63, 3.8) is 0 Å². The third kappa shape index (κ3) is 4.63. The first-order valence-electron chi connectivity index (χ1n) is 8.50. The van der Waals surface area contributed by atoms with Gasteiger partial charge in [-0.25, -0.2) is 0 Å². The Morgan fingerprint density at radius 3 is 2.56 bits per heavy atom. The maximum absolute atomic E-state index is 12.4. The van der Waals surface area contributed by atoms with E-state index in [1.807, 2.05) is 24.3 Å². The minimum Gasteiger partial charge on any atom is -0.392 e. The molecule has 6 heteroatoms. The van der Waals surface area contributed by atoms with Crippen molar-refractivity contribution in [1.82, 2.24) is 14.8 Å². The second-order valence-electron chi connectivity index (χ2n) is 6.42. The number of pyridine rings is 1. The number of rotatable bonds is 5. The van der Waals surface area contributed by atoms with E-state index in [2.05, 4.69) is 27.1 Å². The summed E-state index contributed by atoms with van der Waals surface area (Å²) in [4.78, 5) is 21.1. The Morgan fingerprint density at radius 1 is 1.16 bits per heavy atom. The molecule has 132 valence electrons. The number of hydrogen-bond donors (Lipinski definition) is 2. The smallest absolute Gasteiger partial charge is 0.255 e. The van der Waals surface area contributed by atoms with Gasteiger partial charge in [0.15, 0.2) is 0 Å². The molecule has 1 aliphatic heterocycles. The minimum atomic E-state index is -0.200. The molecule has 2 heterocycles. The third-order valence-corrected chi connectivity index (χ3v) is 4.55. The number of carbonyl (C=O) groups excluding carboxylic acids is 1. The van der Waals surface area contributed by atoms with Gasteiger partial charge in [-0.15, -0.1) is 0 Å². The number of nitrogens with zero attached hydrogens (tertiary/aromatic N) is 3. The Hall–Kier alpha value is -2.28. The van der Waals surface area contributed by atoms with E-state index < -0.39 is 0 Å². The first kappa shape index (κ1) is 17.5. The van der Waals surface area contributed by atoms with E-state index in [0.717, 1.165) is 32.7 Å². The number of aromatic nitrogens is 1. The molecule has 1 aromatic carbocycles. The van der Waals surface area contributed by atoms with Gasteiger partial charge in [0.25, 0.3) is 5.91 Å². The van der Waals surface area contributed by atoms with Crippen molar-refractivity contribution >= 4 is 11.6 Å². The van der Waals surface area contributed by atoms with E-state index in [9.17, 15) is 9.90 Å². The summed E-state index contributed by atoms with van der Waals surface area (Å²) in [5.74, 6) is -0.200. The monoisotopic (exact) mass is 340 g/mol. The molecule has 2 N–H and O–H groups in total. The molecule has 1 aliphatic rings. The van der Waals surface area contributed by atoms with Crippen molar-refractivity contribution in [2.75, 3.05) is 38.5 Å². The number of likely N-dealkylation sites (N-methyl/N-ethyl adjacent to an activating group) is 1. The largest absolute Gasteiger partial charge is 0.392 e. The number of hydrogen-bond acceptors (Lipinski definition) is 5. The second-order valence-corrected chi connectivity index (χ2v) is 6.42. The number of aliphatic hydroxyl groups excluding tert-OH is 1.